The van der Waals surface area contributed by atoms with Crippen molar-refractivity contribution in [3.05, 3.63) is 28.2 Å². The second-order valence-electron chi connectivity index (χ2n) is 5.72. The Labute approximate surface area is 119 Å². The summed E-state index contributed by atoms with van der Waals surface area (Å²) in [7, 11) is 2.01. The van der Waals surface area contributed by atoms with Gasteiger partial charge in [-0.05, 0) is 43.5 Å². The molecule has 0 amide bonds. The lowest BCUT2D eigenvalue weighted by atomic mass is 9.85. The highest BCUT2D eigenvalue weighted by Crippen LogP contribution is 2.34. The third kappa shape index (κ3) is 4.62. The maximum Gasteiger partial charge on any atom is 0.120 e. The van der Waals surface area contributed by atoms with E-state index in [1.165, 1.54) is 5.56 Å². The van der Waals surface area contributed by atoms with Crippen molar-refractivity contribution in [3.63, 3.8) is 0 Å². The summed E-state index contributed by atoms with van der Waals surface area (Å²) in [5.74, 6) is 0.915. The van der Waals surface area contributed by atoms with Gasteiger partial charge in [-0.3, -0.25) is 0 Å². The number of halogens is 1. The number of nitrogens with one attached hydrogen (secondary N) is 1. The molecule has 0 fully saturated rings. The fourth-order valence-electron chi connectivity index (χ4n) is 2.03. The Morgan fingerprint density at radius 3 is 2.44 bits per heavy atom. The summed E-state index contributed by atoms with van der Waals surface area (Å²) in [6, 6.07) is 6.58. The van der Waals surface area contributed by atoms with Crippen molar-refractivity contribution >= 4 is 15.9 Å². The molecule has 2 nitrogen and oxygen atoms in total. The monoisotopic (exact) mass is 313 g/mol. The number of ether oxygens (including phenoxy) is 1. The summed E-state index contributed by atoms with van der Waals surface area (Å²) in [6.07, 6.45) is 1.09. The van der Waals surface area contributed by atoms with Crippen LogP contribution < -0.4 is 10.1 Å². The Hall–Kier alpha value is -0.540. The van der Waals surface area contributed by atoms with E-state index in [2.05, 4.69) is 48.1 Å². The highest BCUT2D eigenvalue weighted by atomic mass is 79.9. The Bertz CT molecular complexity index is 385. The van der Waals surface area contributed by atoms with Crippen molar-refractivity contribution in [1.29, 1.82) is 0 Å². The largest absolute Gasteiger partial charge is 0.494 e. The normalized spacial score (nSPS) is 13.4. The summed E-state index contributed by atoms with van der Waals surface area (Å²) in [5, 5.41) is 3.40. The first-order chi connectivity index (χ1) is 8.37. The first-order valence-corrected chi connectivity index (χ1v) is 7.26. The van der Waals surface area contributed by atoms with Crippen molar-refractivity contribution in [2.75, 3.05) is 13.7 Å². The van der Waals surface area contributed by atoms with Crippen LogP contribution in [0.4, 0.5) is 0 Å². The first kappa shape index (κ1) is 15.5. The Morgan fingerprint density at radius 2 is 2.00 bits per heavy atom. The van der Waals surface area contributed by atoms with Crippen LogP contribution in [0.25, 0.3) is 0 Å². The van der Waals surface area contributed by atoms with E-state index in [4.69, 9.17) is 4.74 Å². The Kier molecular flexibility index (Phi) is 5.67. The van der Waals surface area contributed by atoms with Gasteiger partial charge in [-0.1, -0.05) is 42.8 Å². The van der Waals surface area contributed by atoms with E-state index in [0.29, 0.717) is 18.1 Å². The van der Waals surface area contributed by atoms with Gasteiger partial charge >= 0.3 is 0 Å². The quantitative estimate of drug-likeness (QED) is 0.861. The van der Waals surface area contributed by atoms with E-state index in [-0.39, 0.29) is 0 Å². The predicted molar refractivity (Wildman–Crippen MR) is 81.2 cm³/mol. The maximum atomic E-state index is 5.51. The molecule has 0 spiro atoms. The van der Waals surface area contributed by atoms with Crippen molar-refractivity contribution in [2.24, 2.45) is 5.41 Å². The number of benzene rings is 1. The van der Waals surface area contributed by atoms with E-state index >= 15 is 0 Å². The standard InChI is InChI=1S/C15H24BrNO/c1-6-18-11-7-8-12(13(16)9-11)14(17-5)10-15(2,3)4/h7-9,14,17H,6,10H2,1-5H3. The van der Waals surface area contributed by atoms with Gasteiger partial charge in [0.2, 0.25) is 0 Å². The Morgan fingerprint density at radius 1 is 1.33 bits per heavy atom. The number of hydrogen-bond acceptors (Lipinski definition) is 2. The molecule has 18 heavy (non-hydrogen) atoms. The van der Waals surface area contributed by atoms with Crippen molar-refractivity contribution in [1.82, 2.24) is 5.32 Å². The van der Waals surface area contributed by atoms with Gasteiger partial charge in [0.25, 0.3) is 0 Å². The molecule has 1 rings (SSSR count). The van der Waals surface area contributed by atoms with Crippen LogP contribution in [-0.2, 0) is 0 Å². The molecular formula is C15H24BrNO. The maximum absolute atomic E-state index is 5.51. The van der Waals surface area contributed by atoms with Crippen molar-refractivity contribution in [2.45, 2.75) is 40.2 Å². The summed E-state index contributed by atoms with van der Waals surface area (Å²) in [4.78, 5) is 0. The van der Waals surface area contributed by atoms with Crippen LogP contribution in [0, 0.1) is 5.41 Å². The molecule has 0 aliphatic heterocycles. The molecule has 1 aromatic rings. The summed E-state index contributed by atoms with van der Waals surface area (Å²) < 4.78 is 6.61. The number of hydrogen-bond donors (Lipinski definition) is 1. The lowest BCUT2D eigenvalue weighted by Crippen LogP contribution is -2.22. The van der Waals surface area contributed by atoms with Crippen LogP contribution in [0.3, 0.4) is 0 Å². The van der Waals surface area contributed by atoms with Gasteiger partial charge in [0.05, 0.1) is 6.61 Å². The lowest BCUT2D eigenvalue weighted by molar-refractivity contribution is 0.319. The van der Waals surface area contributed by atoms with E-state index in [0.717, 1.165) is 16.6 Å². The first-order valence-electron chi connectivity index (χ1n) is 6.47. The molecule has 0 aromatic heterocycles. The molecule has 1 aromatic carbocycles. The lowest BCUT2D eigenvalue weighted by Gasteiger charge is -2.27. The van der Waals surface area contributed by atoms with Crippen molar-refractivity contribution in [3.8, 4) is 5.75 Å². The molecule has 0 saturated carbocycles. The van der Waals surface area contributed by atoms with E-state index in [1.54, 1.807) is 0 Å². The van der Waals surface area contributed by atoms with Gasteiger partial charge in [0.15, 0.2) is 0 Å². The molecule has 1 atom stereocenters. The highest BCUT2D eigenvalue weighted by molar-refractivity contribution is 9.10. The zero-order valence-electron chi connectivity index (χ0n) is 12.0. The smallest absolute Gasteiger partial charge is 0.120 e. The van der Waals surface area contributed by atoms with Gasteiger partial charge in [-0.25, -0.2) is 0 Å². The third-order valence-electron chi connectivity index (χ3n) is 2.82. The zero-order chi connectivity index (χ0) is 13.8. The van der Waals surface area contributed by atoms with Crippen LogP contribution in [0.1, 0.15) is 45.7 Å². The van der Waals surface area contributed by atoms with Crippen LogP contribution in [-0.4, -0.2) is 13.7 Å². The van der Waals surface area contributed by atoms with Gasteiger partial charge < -0.3 is 10.1 Å². The SMILES string of the molecule is CCOc1ccc(C(CC(C)(C)C)NC)c(Br)c1. The van der Waals surface area contributed by atoms with Crippen LogP contribution in [0.15, 0.2) is 22.7 Å². The molecule has 0 aliphatic rings. The highest BCUT2D eigenvalue weighted by Gasteiger charge is 2.20. The molecule has 0 saturated heterocycles. The zero-order valence-corrected chi connectivity index (χ0v) is 13.6. The minimum absolute atomic E-state index is 0.297. The minimum Gasteiger partial charge on any atom is -0.494 e. The fourth-order valence-corrected chi connectivity index (χ4v) is 2.66. The van der Waals surface area contributed by atoms with Gasteiger partial charge in [0.1, 0.15) is 5.75 Å². The molecule has 1 unspecified atom stereocenters. The summed E-state index contributed by atoms with van der Waals surface area (Å²) >= 11 is 3.65. The van der Waals surface area contributed by atoms with E-state index in [9.17, 15) is 0 Å². The third-order valence-corrected chi connectivity index (χ3v) is 3.51. The van der Waals surface area contributed by atoms with Gasteiger partial charge in [0, 0.05) is 10.5 Å². The molecule has 0 bridgehead atoms. The second-order valence-corrected chi connectivity index (χ2v) is 6.58. The summed E-state index contributed by atoms with van der Waals surface area (Å²) in [6.45, 7) is 9.49. The van der Waals surface area contributed by atoms with Crippen LogP contribution in [0.2, 0.25) is 0 Å². The topological polar surface area (TPSA) is 21.3 Å². The van der Waals surface area contributed by atoms with Crippen LogP contribution >= 0.6 is 15.9 Å². The average molecular weight is 314 g/mol. The van der Waals surface area contributed by atoms with Gasteiger partial charge in [-0.2, -0.15) is 0 Å². The second kappa shape index (κ2) is 6.58. The molecule has 102 valence electrons. The number of rotatable bonds is 5. The van der Waals surface area contributed by atoms with Crippen LogP contribution in [0.5, 0.6) is 5.75 Å². The molecular weight excluding hydrogens is 290 g/mol. The average Bonchev–Trinajstić information content (AvgIpc) is 2.26. The Balaban J connectivity index is 2.93. The molecule has 0 radical (unpaired) electrons. The molecule has 3 heteroatoms. The fraction of sp³-hybridized carbons (Fsp3) is 0.600. The minimum atomic E-state index is 0.297. The summed E-state index contributed by atoms with van der Waals surface area (Å²) in [5.41, 5.74) is 1.59. The molecule has 0 aliphatic carbocycles. The van der Waals surface area contributed by atoms with E-state index < -0.39 is 0 Å². The predicted octanol–water partition coefficient (Wildman–Crippen LogP) is 4.54. The van der Waals surface area contributed by atoms with E-state index in [1.807, 2.05) is 26.1 Å². The van der Waals surface area contributed by atoms with Crippen molar-refractivity contribution < 1.29 is 4.74 Å². The van der Waals surface area contributed by atoms with Gasteiger partial charge in [-0.15, -0.1) is 0 Å². The molecule has 0 heterocycles. The molecule has 1 N–H and O–H groups in total.